The summed E-state index contributed by atoms with van der Waals surface area (Å²) in [4.78, 5) is 2.32. The van der Waals surface area contributed by atoms with E-state index < -0.39 is 11.9 Å². The number of ether oxygens (including phenoxy) is 2. The Kier molecular flexibility index (Phi) is 5.56. The predicted molar refractivity (Wildman–Crippen MR) is 79.0 cm³/mol. The highest BCUT2D eigenvalue weighted by Gasteiger charge is 2.23. The Bertz CT molecular complexity index is 465. The Morgan fingerprint density at radius 2 is 2.19 bits per heavy atom. The van der Waals surface area contributed by atoms with Crippen LogP contribution in [-0.2, 0) is 4.74 Å². The molecule has 0 bridgehead atoms. The molecule has 1 unspecified atom stereocenters. The van der Waals surface area contributed by atoms with Gasteiger partial charge >= 0.3 is 0 Å². The Morgan fingerprint density at radius 3 is 2.81 bits per heavy atom. The van der Waals surface area contributed by atoms with Gasteiger partial charge < -0.3 is 14.6 Å². The highest BCUT2D eigenvalue weighted by atomic mass is 19.1. The first kappa shape index (κ1) is 16.2. The molecular formula is C16H24FNO3. The minimum Gasteiger partial charge on any atom is -0.488 e. The first-order chi connectivity index (χ1) is 9.97. The van der Waals surface area contributed by atoms with Crippen molar-refractivity contribution in [3.05, 3.63) is 29.6 Å². The molecule has 21 heavy (non-hydrogen) atoms. The van der Waals surface area contributed by atoms with Gasteiger partial charge in [-0.25, -0.2) is 4.39 Å². The Morgan fingerprint density at radius 1 is 1.43 bits per heavy atom. The van der Waals surface area contributed by atoms with Gasteiger partial charge in [0.05, 0.1) is 12.7 Å². The molecule has 5 heteroatoms. The maximum Gasteiger partial charge on any atom is 0.165 e. The lowest BCUT2D eigenvalue weighted by molar-refractivity contribution is -0.0568. The normalized spacial score (nSPS) is 21.5. The molecule has 0 radical (unpaired) electrons. The molecule has 1 aliphatic rings. The van der Waals surface area contributed by atoms with Crippen LogP contribution in [0, 0.1) is 5.82 Å². The molecule has 1 saturated heterocycles. The first-order valence-corrected chi connectivity index (χ1v) is 7.43. The van der Waals surface area contributed by atoms with Crippen LogP contribution in [0.25, 0.3) is 0 Å². The summed E-state index contributed by atoms with van der Waals surface area (Å²) >= 11 is 0. The smallest absolute Gasteiger partial charge is 0.165 e. The average Bonchev–Trinajstić information content (AvgIpc) is 2.46. The van der Waals surface area contributed by atoms with Gasteiger partial charge in [0.25, 0.3) is 0 Å². The van der Waals surface area contributed by atoms with Gasteiger partial charge in [0.1, 0.15) is 12.7 Å². The lowest BCUT2D eigenvalue weighted by Gasteiger charge is -2.35. The molecule has 0 aromatic heterocycles. The fraction of sp³-hybridized carbons (Fsp3) is 0.625. The third-order valence-electron chi connectivity index (χ3n) is 3.76. The van der Waals surface area contributed by atoms with Crippen LogP contribution >= 0.6 is 0 Å². The molecular weight excluding hydrogens is 273 g/mol. The van der Waals surface area contributed by atoms with Crippen molar-refractivity contribution in [2.24, 2.45) is 0 Å². The lowest BCUT2D eigenvalue weighted by Crippen LogP contribution is -2.47. The number of aliphatic hydroxyl groups is 1. The van der Waals surface area contributed by atoms with E-state index in [0.717, 1.165) is 13.1 Å². The number of hydrogen-bond donors (Lipinski definition) is 1. The molecule has 118 valence electrons. The second-order valence-electron chi connectivity index (χ2n) is 5.76. The van der Waals surface area contributed by atoms with E-state index in [4.69, 9.17) is 9.47 Å². The summed E-state index contributed by atoms with van der Waals surface area (Å²) in [5, 5.41) is 9.42. The van der Waals surface area contributed by atoms with E-state index in [1.807, 2.05) is 0 Å². The van der Waals surface area contributed by atoms with Crippen LogP contribution in [-0.4, -0.2) is 48.5 Å². The average molecular weight is 297 g/mol. The Balaban J connectivity index is 1.91. The second kappa shape index (κ2) is 7.20. The van der Waals surface area contributed by atoms with Crippen molar-refractivity contribution in [2.75, 3.05) is 26.3 Å². The zero-order valence-corrected chi connectivity index (χ0v) is 12.9. The summed E-state index contributed by atoms with van der Waals surface area (Å²) in [7, 11) is 0. The molecule has 0 aliphatic carbocycles. The summed E-state index contributed by atoms with van der Waals surface area (Å²) in [5.74, 6) is -0.255. The number of benzene rings is 1. The molecule has 1 aromatic rings. The molecule has 1 aromatic carbocycles. The van der Waals surface area contributed by atoms with Gasteiger partial charge in [-0.05, 0) is 38.5 Å². The summed E-state index contributed by atoms with van der Waals surface area (Å²) < 4.78 is 25.1. The van der Waals surface area contributed by atoms with E-state index in [1.165, 1.54) is 6.07 Å². The van der Waals surface area contributed by atoms with Crippen LogP contribution in [0.4, 0.5) is 4.39 Å². The number of rotatable bonds is 5. The monoisotopic (exact) mass is 297 g/mol. The zero-order valence-electron chi connectivity index (χ0n) is 12.9. The maximum absolute atomic E-state index is 13.9. The van der Waals surface area contributed by atoms with Gasteiger partial charge in [-0.1, -0.05) is 6.07 Å². The fourth-order valence-corrected chi connectivity index (χ4v) is 2.39. The maximum atomic E-state index is 13.9. The quantitative estimate of drug-likeness (QED) is 0.906. The van der Waals surface area contributed by atoms with Gasteiger partial charge in [0.2, 0.25) is 0 Å². The van der Waals surface area contributed by atoms with Crippen LogP contribution in [0.5, 0.6) is 5.75 Å². The third-order valence-corrected chi connectivity index (χ3v) is 3.76. The van der Waals surface area contributed by atoms with Gasteiger partial charge in [-0.2, -0.15) is 0 Å². The Hall–Kier alpha value is -1.17. The van der Waals surface area contributed by atoms with Gasteiger partial charge in [-0.15, -0.1) is 0 Å². The summed E-state index contributed by atoms with van der Waals surface area (Å²) in [6.45, 7) is 8.63. The van der Waals surface area contributed by atoms with Crippen LogP contribution in [0.2, 0.25) is 0 Å². The van der Waals surface area contributed by atoms with Crippen molar-refractivity contribution in [1.82, 2.24) is 4.90 Å². The van der Waals surface area contributed by atoms with E-state index in [2.05, 4.69) is 18.7 Å². The van der Waals surface area contributed by atoms with Crippen LogP contribution in [0.15, 0.2) is 18.2 Å². The summed E-state index contributed by atoms with van der Waals surface area (Å²) in [6, 6.07) is 5.01. The number of halogens is 1. The zero-order chi connectivity index (χ0) is 15.4. The Labute approximate surface area is 125 Å². The molecule has 0 saturated carbocycles. The predicted octanol–water partition coefficient (Wildman–Crippen LogP) is 2.37. The molecule has 0 amide bonds. The molecule has 2 rings (SSSR count). The van der Waals surface area contributed by atoms with Crippen LogP contribution in [0.3, 0.4) is 0 Å². The van der Waals surface area contributed by atoms with Gasteiger partial charge in [0.15, 0.2) is 11.6 Å². The van der Waals surface area contributed by atoms with E-state index in [9.17, 15) is 9.50 Å². The minimum atomic E-state index is -0.685. The summed E-state index contributed by atoms with van der Waals surface area (Å²) in [5.41, 5.74) is 0.541. The van der Waals surface area contributed by atoms with Crippen LogP contribution in [0.1, 0.15) is 32.4 Å². The second-order valence-corrected chi connectivity index (χ2v) is 5.76. The van der Waals surface area contributed by atoms with Crippen molar-refractivity contribution in [3.63, 3.8) is 0 Å². The molecule has 0 spiro atoms. The van der Waals surface area contributed by atoms with E-state index >= 15 is 0 Å². The largest absolute Gasteiger partial charge is 0.488 e. The molecule has 1 N–H and O–H groups in total. The molecule has 2 atom stereocenters. The topological polar surface area (TPSA) is 41.9 Å². The lowest BCUT2D eigenvalue weighted by atomic mass is 10.1. The van der Waals surface area contributed by atoms with Crippen molar-refractivity contribution < 1.29 is 19.0 Å². The van der Waals surface area contributed by atoms with E-state index in [-0.39, 0.29) is 11.9 Å². The van der Waals surface area contributed by atoms with Gasteiger partial charge in [-0.3, -0.25) is 4.90 Å². The molecule has 1 aliphatic heterocycles. The minimum absolute atomic E-state index is 0.0445. The van der Waals surface area contributed by atoms with E-state index in [1.54, 1.807) is 19.1 Å². The fourth-order valence-electron chi connectivity index (χ4n) is 2.39. The number of aliphatic hydroxyl groups excluding tert-OH is 1. The highest BCUT2D eigenvalue weighted by Crippen LogP contribution is 2.22. The van der Waals surface area contributed by atoms with Crippen molar-refractivity contribution in [1.29, 1.82) is 0 Å². The molecule has 1 heterocycles. The van der Waals surface area contributed by atoms with Gasteiger partial charge in [0, 0.05) is 19.1 Å². The first-order valence-electron chi connectivity index (χ1n) is 7.43. The number of hydrogen-bond acceptors (Lipinski definition) is 4. The standard InChI is InChI=1S/C16H24FNO3/c1-11(2)18-6-7-20-14(9-18)10-21-16-5-4-13(12(3)19)8-15(16)17/h4-5,8,11-12,14,19H,6-7,9-10H2,1-3H3/t12-,14?/m1/s1. The SMILES string of the molecule is CC(C)N1CCOC(COc2ccc([C@@H](C)O)cc2F)C1. The molecule has 4 nitrogen and oxygen atoms in total. The number of morpholine rings is 1. The van der Waals surface area contributed by atoms with Crippen molar-refractivity contribution in [3.8, 4) is 5.75 Å². The third kappa shape index (κ3) is 4.40. The van der Waals surface area contributed by atoms with Crippen molar-refractivity contribution in [2.45, 2.75) is 39.0 Å². The van der Waals surface area contributed by atoms with E-state index in [0.29, 0.717) is 24.8 Å². The summed E-state index contributed by atoms with van der Waals surface area (Å²) in [6.07, 6.45) is -0.730. The van der Waals surface area contributed by atoms with Crippen LogP contribution < -0.4 is 4.74 Å². The highest BCUT2D eigenvalue weighted by molar-refractivity contribution is 5.30. The molecule has 1 fully saturated rings. The van der Waals surface area contributed by atoms with Crippen molar-refractivity contribution >= 4 is 0 Å². The number of nitrogens with zero attached hydrogens (tertiary/aromatic N) is 1.